The molecule has 3 unspecified atom stereocenters. The van der Waals surface area contributed by atoms with E-state index >= 15 is 0 Å². The minimum atomic E-state index is -0.828. The fourth-order valence-electron chi connectivity index (χ4n) is 3.61. The van der Waals surface area contributed by atoms with Crippen LogP contribution in [0.4, 0.5) is 0 Å². The second-order valence-electron chi connectivity index (χ2n) is 7.00. The second-order valence-corrected chi connectivity index (χ2v) is 7.00. The molecule has 3 rings (SSSR count). The molecule has 0 aliphatic heterocycles. The molecule has 0 aromatic heterocycles. The maximum atomic E-state index is 13.0. The summed E-state index contributed by atoms with van der Waals surface area (Å²) in [5, 5.41) is 9.26. The van der Waals surface area contributed by atoms with Crippen molar-refractivity contribution in [1.82, 2.24) is 4.90 Å². The number of carboxylic acid groups (broad SMARTS) is 1. The largest absolute Gasteiger partial charge is 0.481 e. The molecule has 1 aromatic rings. The third-order valence-corrected chi connectivity index (χ3v) is 5.62. The van der Waals surface area contributed by atoms with Gasteiger partial charge in [-0.15, -0.1) is 0 Å². The van der Waals surface area contributed by atoms with Crippen molar-refractivity contribution in [2.45, 2.75) is 45.1 Å². The van der Waals surface area contributed by atoms with Gasteiger partial charge in [0.1, 0.15) is 0 Å². The first-order valence-electron chi connectivity index (χ1n) is 8.66. The standard InChI is InChI=1S/C19H25NO3/c1-13(15-8-3-2-4-9-15)20(12-14-6-5-7-14)18(21)16-10-11-17(16)19(22)23/h2-4,8-9,13-14,16-17H,5-7,10-12H2,1H3,(H,22,23). The van der Waals surface area contributed by atoms with Crippen molar-refractivity contribution in [3.63, 3.8) is 0 Å². The van der Waals surface area contributed by atoms with Gasteiger partial charge in [0.2, 0.25) is 5.91 Å². The van der Waals surface area contributed by atoms with Crippen LogP contribution in [0.15, 0.2) is 30.3 Å². The van der Waals surface area contributed by atoms with Crippen molar-refractivity contribution in [3.8, 4) is 0 Å². The molecular weight excluding hydrogens is 290 g/mol. The van der Waals surface area contributed by atoms with Gasteiger partial charge in [-0.1, -0.05) is 36.8 Å². The van der Waals surface area contributed by atoms with E-state index in [9.17, 15) is 14.7 Å². The van der Waals surface area contributed by atoms with E-state index in [0.29, 0.717) is 18.8 Å². The van der Waals surface area contributed by atoms with Gasteiger partial charge in [-0.25, -0.2) is 0 Å². The van der Waals surface area contributed by atoms with Gasteiger partial charge in [-0.3, -0.25) is 9.59 Å². The molecule has 0 saturated heterocycles. The summed E-state index contributed by atoms with van der Waals surface area (Å²) in [4.78, 5) is 26.2. The molecule has 4 heteroatoms. The first kappa shape index (κ1) is 16.0. The summed E-state index contributed by atoms with van der Waals surface area (Å²) >= 11 is 0. The van der Waals surface area contributed by atoms with E-state index in [-0.39, 0.29) is 17.9 Å². The zero-order chi connectivity index (χ0) is 16.4. The molecule has 2 saturated carbocycles. The number of carbonyl (C=O) groups excluding carboxylic acids is 1. The normalized spacial score (nSPS) is 25.1. The van der Waals surface area contributed by atoms with Gasteiger partial charge in [0.05, 0.1) is 17.9 Å². The number of carbonyl (C=O) groups is 2. The van der Waals surface area contributed by atoms with Crippen LogP contribution in [0.25, 0.3) is 0 Å². The molecule has 2 aliphatic carbocycles. The van der Waals surface area contributed by atoms with E-state index < -0.39 is 11.9 Å². The highest BCUT2D eigenvalue weighted by Crippen LogP contribution is 2.39. The van der Waals surface area contributed by atoms with E-state index in [4.69, 9.17) is 0 Å². The highest BCUT2D eigenvalue weighted by atomic mass is 16.4. The number of hydrogen-bond donors (Lipinski definition) is 1. The van der Waals surface area contributed by atoms with Crippen LogP contribution in [0, 0.1) is 17.8 Å². The van der Waals surface area contributed by atoms with Crippen LogP contribution in [0.5, 0.6) is 0 Å². The lowest BCUT2D eigenvalue weighted by atomic mass is 9.72. The lowest BCUT2D eigenvalue weighted by Gasteiger charge is -2.41. The molecular formula is C19H25NO3. The van der Waals surface area contributed by atoms with Crippen molar-refractivity contribution in [2.24, 2.45) is 17.8 Å². The molecule has 2 fully saturated rings. The minimum Gasteiger partial charge on any atom is -0.481 e. The summed E-state index contributed by atoms with van der Waals surface area (Å²) in [5.74, 6) is -1.04. The lowest BCUT2D eigenvalue weighted by molar-refractivity contribution is -0.158. The summed E-state index contributed by atoms with van der Waals surface area (Å²) in [7, 11) is 0. The molecule has 1 amide bonds. The number of benzene rings is 1. The molecule has 0 radical (unpaired) electrons. The Balaban J connectivity index is 1.77. The Labute approximate surface area is 137 Å². The Morgan fingerprint density at radius 3 is 2.26 bits per heavy atom. The Kier molecular flexibility index (Phi) is 4.69. The molecule has 4 nitrogen and oxygen atoms in total. The predicted octanol–water partition coefficient (Wildman–Crippen LogP) is 3.49. The van der Waals surface area contributed by atoms with Crippen molar-refractivity contribution in [2.75, 3.05) is 6.54 Å². The number of hydrogen-bond acceptors (Lipinski definition) is 2. The van der Waals surface area contributed by atoms with E-state index in [2.05, 4.69) is 6.92 Å². The average Bonchev–Trinajstić information content (AvgIpc) is 2.44. The van der Waals surface area contributed by atoms with Crippen molar-refractivity contribution < 1.29 is 14.7 Å². The van der Waals surface area contributed by atoms with E-state index in [1.165, 1.54) is 19.3 Å². The highest BCUT2D eigenvalue weighted by molar-refractivity contribution is 5.86. The van der Waals surface area contributed by atoms with Gasteiger partial charge in [0.15, 0.2) is 0 Å². The topological polar surface area (TPSA) is 57.6 Å². The molecule has 1 aromatic carbocycles. The number of nitrogens with zero attached hydrogens (tertiary/aromatic N) is 1. The molecule has 23 heavy (non-hydrogen) atoms. The van der Waals surface area contributed by atoms with Gasteiger partial charge < -0.3 is 10.0 Å². The third-order valence-electron chi connectivity index (χ3n) is 5.62. The van der Waals surface area contributed by atoms with E-state index in [1.807, 2.05) is 35.2 Å². The fraction of sp³-hybridized carbons (Fsp3) is 0.579. The number of carboxylic acids is 1. The molecule has 124 valence electrons. The lowest BCUT2D eigenvalue weighted by Crippen LogP contribution is -2.48. The number of amides is 1. The third kappa shape index (κ3) is 3.26. The van der Waals surface area contributed by atoms with Crippen molar-refractivity contribution in [1.29, 1.82) is 0 Å². The Morgan fingerprint density at radius 2 is 1.78 bits per heavy atom. The number of rotatable bonds is 6. The zero-order valence-electron chi connectivity index (χ0n) is 13.6. The van der Waals surface area contributed by atoms with Crippen LogP contribution in [0.2, 0.25) is 0 Å². The van der Waals surface area contributed by atoms with Crippen LogP contribution < -0.4 is 0 Å². The molecule has 0 spiro atoms. The molecule has 0 heterocycles. The SMILES string of the molecule is CC(c1ccccc1)N(CC1CCC1)C(=O)C1CCC1C(=O)O. The summed E-state index contributed by atoms with van der Waals surface area (Å²) in [6, 6.07) is 10.0. The summed E-state index contributed by atoms with van der Waals surface area (Å²) < 4.78 is 0. The molecule has 0 bridgehead atoms. The smallest absolute Gasteiger partial charge is 0.307 e. The average molecular weight is 315 g/mol. The van der Waals surface area contributed by atoms with Gasteiger partial charge in [0, 0.05) is 6.54 Å². The van der Waals surface area contributed by atoms with Gasteiger partial charge in [-0.2, -0.15) is 0 Å². The van der Waals surface area contributed by atoms with Crippen LogP contribution in [-0.4, -0.2) is 28.4 Å². The van der Waals surface area contributed by atoms with Crippen molar-refractivity contribution >= 4 is 11.9 Å². The Morgan fingerprint density at radius 1 is 1.13 bits per heavy atom. The van der Waals surface area contributed by atoms with Gasteiger partial charge in [-0.05, 0) is 44.1 Å². The van der Waals surface area contributed by atoms with Crippen LogP contribution >= 0.6 is 0 Å². The quantitative estimate of drug-likeness (QED) is 0.874. The molecule has 2 aliphatic rings. The maximum Gasteiger partial charge on any atom is 0.307 e. The highest BCUT2D eigenvalue weighted by Gasteiger charge is 2.44. The second kappa shape index (κ2) is 6.73. The first-order valence-corrected chi connectivity index (χ1v) is 8.66. The van der Waals surface area contributed by atoms with Crippen molar-refractivity contribution in [3.05, 3.63) is 35.9 Å². The maximum absolute atomic E-state index is 13.0. The fourth-order valence-corrected chi connectivity index (χ4v) is 3.61. The first-order chi connectivity index (χ1) is 11.1. The predicted molar refractivity (Wildman–Crippen MR) is 87.8 cm³/mol. The van der Waals surface area contributed by atoms with Crippen LogP contribution in [0.1, 0.15) is 50.6 Å². The molecule has 1 N–H and O–H groups in total. The summed E-state index contributed by atoms with van der Waals surface area (Å²) in [6.07, 6.45) is 4.94. The summed E-state index contributed by atoms with van der Waals surface area (Å²) in [6.45, 7) is 2.82. The van der Waals surface area contributed by atoms with Gasteiger partial charge in [0.25, 0.3) is 0 Å². The minimum absolute atomic E-state index is 0.000607. The monoisotopic (exact) mass is 315 g/mol. The van der Waals surface area contributed by atoms with Gasteiger partial charge >= 0.3 is 5.97 Å². The van der Waals surface area contributed by atoms with E-state index in [0.717, 1.165) is 12.1 Å². The van der Waals surface area contributed by atoms with Crippen LogP contribution in [0.3, 0.4) is 0 Å². The molecule has 3 atom stereocenters. The zero-order valence-corrected chi connectivity index (χ0v) is 13.6. The van der Waals surface area contributed by atoms with E-state index in [1.54, 1.807) is 0 Å². The summed E-state index contributed by atoms with van der Waals surface area (Å²) in [5.41, 5.74) is 1.12. The Bertz CT molecular complexity index is 567. The number of aliphatic carboxylic acids is 1. The Hall–Kier alpha value is -1.84. The van der Waals surface area contributed by atoms with Crippen LogP contribution in [-0.2, 0) is 9.59 Å².